The van der Waals surface area contributed by atoms with E-state index in [1.54, 1.807) is 0 Å². The first-order valence-electron chi connectivity index (χ1n) is 16.7. The Morgan fingerprint density at radius 3 is 1.46 bits per heavy atom. The smallest absolute Gasteiger partial charge is 0.135 e. The van der Waals surface area contributed by atoms with Crippen LogP contribution in [0.15, 0.2) is 170 Å². The maximum absolute atomic E-state index is 6.36. The Labute approximate surface area is 279 Å². The van der Waals surface area contributed by atoms with Gasteiger partial charge >= 0.3 is 0 Å². The van der Waals surface area contributed by atoms with Crippen LogP contribution in [0, 0.1) is 0 Å². The van der Waals surface area contributed by atoms with Crippen molar-refractivity contribution >= 4 is 10.8 Å². The van der Waals surface area contributed by atoms with E-state index in [-0.39, 0.29) is 5.41 Å². The van der Waals surface area contributed by atoms with Crippen LogP contribution in [-0.2, 0) is 5.41 Å². The van der Waals surface area contributed by atoms with Crippen LogP contribution < -0.4 is 4.74 Å². The molecule has 0 fully saturated rings. The van der Waals surface area contributed by atoms with Crippen LogP contribution in [0.25, 0.3) is 66.4 Å². The average molecular weight is 609 g/mol. The largest absolute Gasteiger partial charge is 0.456 e. The Morgan fingerprint density at radius 1 is 0.312 bits per heavy atom. The Morgan fingerprint density at radius 2 is 0.812 bits per heavy atom. The molecule has 1 aliphatic heterocycles. The lowest BCUT2D eigenvalue weighted by Crippen LogP contribution is -2.25. The third kappa shape index (κ3) is 3.30. The molecule has 8 aromatic rings. The molecule has 0 amide bonds. The van der Waals surface area contributed by atoms with Crippen molar-refractivity contribution in [2.24, 2.45) is 0 Å². The molecule has 0 saturated carbocycles. The molecule has 0 bridgehead atoms. The number of benzene rings is 8. The monoisotopic (exact) mass is 608 g/mol. The van der Waals surface area contributed by atoms with E-state index in [2.05, 4.69) is 170 Å². The topological polar surface area (TPSA) is 9.23 Å². The van der Waals surface area contributed by atoms with Gasteiger partial charge in [0.15, 0.2) is 0 Å². The van der Waals surface area contributed by atoms with Gasteiger partial charge in [-0.2, -0.15) is 0 Å². The lowest BCUT2D eigenvalue weighted by molar-refractivity contribution is 0.487. The van der Waals surface area contributed by atoms with Gasteiger partial charge < -0.3 is 4.74 Å². The van der Waals surface area contributed by atoms with Gasteiger partial charge in [0, 0.05) is 10.9 Å². The molecule has 1 heteroatoms. The summed E-state index contributed by atoms with van der Waals surface area (Å²) in [7, 11) is 0. The van der Waals surface area contributed by atoms with E-state index in [1.807, 2.05) is 0 Å². The Kier molecular flexibility index (Phi) is 5.10. The van der Waals surface area contributed by atoms with Crippen molar-refractivity contribution in [3.8, 4) is 67.1 Å². The molecule has 1 nitrogen and oxygen atoms in total. The molecule has 0 radical (unpaired) electrons. The van der Waals surface area contributed by atoms with Gasteiger partial charge in [-0.05, 0) is 102 Å². The molecule has 0 aromatic heterocycles. The summed E-state index contributed by atoms with van der Waals surface area (Å²) in [5, 5.41) is 2.39. The molecule has 48 heavy (non-hydrogen) atoms. The van der Waals surface area contributed by atoms with Crippen LogP contribution in [0.1, 0.15) is 22.3 Å². The van der Waals surface area contributed by atoms with Crippen molar-refractivity contribution in [3.63, 3.8) is 0 Å². The number of hydrogen-bond acceptors (Lipinski definition) is 1. The molecule has 0 atom stereocenters. The minimum absolute atomic E-state index is 0.332. The molecular weight excluding hydrogens is 581 g/mol. The summed E-state index contributed by atoms with van der Waals surface area (Å²) in [6.07, 6.45) is 0. The zero-order valence-electron chi connectivity index (χ0n) is 26.1. The Bertz CT molecular complexity index is 2570. The standard InChI is InChI=1S/C47H28O/c1-4-15-40-34(11-1)35-12-2-5-16-41(35)47(40)42-17-6-3-13-36(42)37-25-23-33(28-43(37)47)30-21-19-29(20-22-30)32-24-26-44-39(27-32)38-14-7-9-31-10-8-18-45(48-44)46(31)38/h1-28H. The minimum atomic E-state index is -0.332. The summed E-state index contributed by atoms with van der Waals surface area (Å²) in [6.45, 7) is 0. The first-order chi connectivity index (χ1) is 23.8. The fourth-order valence-electron chi connectivity index (χ4n) is 8.87. The van der Waals surface area contributed by atoms with Crippen LogP contribution in [0.5, 0.6) is 11.5 Å². The second-order valence-corrected chi connectivity index (χ2v) is 13.2. The number of rotatable bonds is 2. The summed E-state index contributed by atoms with van der Waals surface area (Å²) < 4.78 is 6.36. The van der Waals surface area contributed by atoms with Crippen LogP contribution in [0.2, 0.25) is 0 Å². The predicted octanol–water partition coefficient (Wildman–Crippen LogP) is 12.3. The molecule has 2 aliphatic carbocycles. The number of fused-ring (bicyclic) bond motifs is 12. The third-order valence-corrected chi connectivity index (χ3v) is 10.9. The van der Waals surface area contributed by atoms with E-state index in [4.69, 9.17) is 4.74 Å². The molecular formula is C47H28O. The summed E-state index contributed by atoms with van der Waals surface area (Å²) in [4.78, 5) is 0. The molecule has 1 heterocycles. The summed E-state index contributed by atoms with van der Waals surface area (Å²) >= 11 is 0. The van der Waals surface area contributed by atoms with E-state index >= 15 is 0 Å². The van der Waals surface area contributed by atoms with Crippen molar-refractivity contribution in [1.82, 2.24) is 0 Å². The van der Waals surface area contributed by atoms with Gasteiger partial charge in [-0.15, -0.1) is 0 Å². The zero-order chi connectivity index (χ0) is 31.4. The second-order valence-electron chi connectivity index (χ2n) is 13.2. The van der Waals surface area contributed by atoms with E-state index in [1.165, 1.54) is 83.1 Å². The Hall–Kier alpha value is -6.18. The predicted molar refractivity (Wildman–Crippen MR) is 197 cm³/mol. The summed E-state index contributed by atoms with van der Waals surface area (Å²) in [5.41, 5.74) is 17.7. The number of hydrogen-bond donors (Lipinski definition) is 0. The van der Waals surface area contributed by atoms with Crippen LogP contribution in [0.3, 0.4) is 0 Å². The maximum atomic E-state index is 6.36. The van der Waals surface area contributed by atoms with E-state index < -0.39 is 0 Å². The molecule has 3 aliphatic rings. The van der Waals surface area contributed by atoms with Crippen molar-refractivity contribution in [3.05, 3.63) is 192 Å². The van der Waals surface area contributed by atoms with Gasteiger partial charge in [0.05, 0.1) is 5.41 Å². The minimum Gasteiger partial charge on any atom is -0.456 e. The molecule has 0 saturated heterocycles. The lowest BCUT2D eigenvalue weighted by Gasteiger charge is -2.30. The highest BCUT2D eigenvalue weighted by Gasteiger charge is 2.51. The van der Waals surface area contributed by atoms with Crippen LogP contribution in [-0.4, -0.2) is 0 Å². The molecule has 8 aromatic carbocycles. The van der Waals surface area contributed by atoms with Crippen molar-refractivity contribution in [2.75, 3.05) is 0 Å². The summed E-state index contributed by atoms with van der Waals surface area (Å²) in [5.74, 6) is 1.83. The molecule has 11 rings (SSSR count). The number of ether oxygens (including phenoxy) is 1. The quantitative estimate of drug-likeness (QED) is 0.190. The van der Waals surface area contributed by atoms with E-state index in [0.717, 1.165) is 17.1 Å². The van der Waals surface area contributed by atoms with Gasteiger partial charge in [0.25, 0.3) is 0 Å². The molecule has 222 valence electrons. The normalized spacial score (nSPS) is 13.8. The average Bonchev–Trinajstić information content (AvgIpc) is 3.62. The first kappa shape index (κ1) is 25.9. The van der Waals surface area contributed by atoms with E-state index in [0.29, 0.717) is 0 Å². The molecule has 0 N–H and O–H groups in total. The highest BCUT2D eigenvalue weighted by atomic mass is 16.5. The van der Waals surface area contributed by atoms with Crippen LogP contribution in [0.4, 0.5) is 0 Å². The van der Waals surface area contributed by atoms with Crippen molar-refractivity contribution < 1.29 is 4.74 Å². The van der Waals surface area contributed by atoms with E-state index in [9.17, 15) is 0 Å². The van der Waals surface area contributed by atoms with Gasteiger partial charge in [0.2, 0.25) is 0 Å². The van der Waals surface area contributed by atoms with Crippen LogP contribution >= 0.6 is 0 Å². The third-order valence-electron chi connectivity index (χ3n) is 10.9. The molecule has 1 spiro atoms. The van der Waals surface area contributed by atoms with Crippen molar-refractivity contribution in [2.45, 2.75) is 5.41 Å². The maximum Gasteiger partial charge on any atom is 0.135 e. The Balaban J connectivity index is 1.03. The van der Waals surface area contributed by atoms with Crippen molar-refractivity contribution in [1.29, 1.82) is 0 Å². The molecule has 0 unspecified atom stereocenters. The second kappa shape index (κ2) is 9.44. The first-order valence-corrected chi connectivity index (χ1v) is 16.7. The highest BCUT2D eigenvalue weighted by Crippen LogP contribution is 2.63. The fourth-order valence-corrected chi connectivity index (χ4v) is 8.87. The van der Waals surface area contributed by atoms with Gasteiger partial charge in [-0.1, -0.05) is 146 Å². The zero-order valence-corrected chi connectivity index (χ0v) is 26.1. The lowest BCUT2D eigenvalue weighted by atomic mass is 9.70. The SMILES string of the molecule is c1ccc2c(c1)-c1ccccc1C21c2ccccc2-c2ccc(-c3ccc(-c4ccc5c(c4)-c4cccc6cccc(c46)O5)cc3)cc21. The summed E-state index contributed by atoms with van der Waals surface area (Å²) in [6, 6.07) is 62.5. The van der Waals surface area contributed by atoms with Gasteiger partial charge in [0.1, 0.15) is 11.5 Å². The van der Waals surface area contributed by atoms with Gasteiger partial charge in [-0.3, -0.25) is 0 Å². The van der Waals surface area contributed by atoms with Gasteiger partial charge in [-0.25, -0.2) is 0 Å². The fraction of sp³-hybridized carbons (Fsp3) is 0.0213. The highest BCUT2D eigenvalue weighted by molar-refractivity contribution is 6.04.